The molecule has 0 saturated heterocycles. The van der Waals surface area contributed by atoms with Crippen LogP contribution in [0, 0.1) is 0 Å². The van der Waals surface area contributed by atoms with E-state index < -0.39 is 5.69 Å². The van der Waals surface area contributed by atoms with E-state index in [1.807, 2.05) is 6.92 Å². The quantitative estimate of drug-likeness (QED) is 0.740. The molecule has 2 heterocycles. The number of thiol groups is 2. The minimum atomic E-state index is -0.422. The fourth-order valence-corrected chi connectivity index (χ4v) is 1.97. The van der Waals surface area contributed by atoms with Gasteiger partial charge in [-0.1, -0.05) is 0 Å². The maximum absolute atomic E-state index is 12.2. The van der Waals surface area contributed by atoms with Crippen LogP contribution in [0.4, 0.5) is 0 Å². The van der Waals surface area contributed by atoms with Gasteiger partial charge in [-0.3, -0.25) is 9.36 Å². The smallest absolute Gasteiger partial charge is 0.305 e. The summed E-state index contributed by atoms with van der Waals surface area (Å²) in [5.41, 5.74) is -0.0677. The number of fused-ring (bicyclic) bond motifs is 1. The van der Waals surface area contributed by atoms with Crippen LogP contribution in [-0.2, 0) is 6.54 Å². The number of pyridine rings is 1. The van der Waals surface area contributed by atoms with Crippen LogP contribution in [0.5, 0.6) is 0 Å². The van der Waals surface area contributed by atoms with Crippen molar-refractivity contribution in [1.29, 1.82) is 0 Å². The second-order valence-electron chi connectivity index (χ2n) is 4.69. The molecule has 0 aliphatic rings. The van der Waals surface area contributed by atoms with E-state index in [-0.39, 0.29) is 15.8 Å². The van der Waals surface area contributed by atoms with Crippen LogP contribution in [0.25, 0.3) is 11.0 Å². The van der Waals surface area contributed by atoms with Crippen molar-refractivity contribution in [2.45, 2.75) is 24.6 Å². The second kappa shape index (κ2) is 5.42. The molecular weight excluding hydrogens is 282 g/mol. The SMILES string of the molecule is C[C@](S)(CS)CCn1c(=O)[nH]c2cccnc2c1=O. The third-order valence-corrected chi connectivity index (χ3v) is 4.29. The summed E-state index contributed by atoms with van der Waals surface area (Å²) in [5, 5.41) is 0. The Morgan fingerprint density at radius 1 is 1.47 bits per heavy atom. The van der Waals surface area contributed by atoms with Crippen LogP contribution in [0.2, 0.25) is 0 Å². The molecule has 1 atom stereocenters. The molecule has 1 N–H and O–H groups in total. The highest BCUT2D eigenvalue weighted by molar-refractivity contribution is 7.85. The van der Waals surface area contributed by atoms with Gasteiger partial charge in [0.1, 0.15) is 0 Å². The average Bonchev–Trinajstić information content (AvgIpc) is 2.38. The second-order valence-corrected chi connectivity index (χ2v) is 6.09. The summed E-state index contributed by atoms with van der Waals surface area (Å²) in [5.74, 6) is 0.564. The van der Waals surface area contributed by atoms with Crippen LogP contribution in [0.1, 0.15) is 13.3 Å². The van der Waals surface area contributed by atoms with Crippen LogP contribution >= 0.6 is 25.3 Å². The van der Waals surface area contributed by atoms with Crippen LogP contribution in [0.15, 0.2) is 27.9 Å². The highest BCUT2D eigenvalue weighted by Gasteiger charge is 2.18. The molecule has 0 aromatic carbocycles. The Hall–Kier alpha value is -1.21. The number of nitrogens with one attached hydrogen (secondary N) is 1. The molecule has 0 radical (unpaired) electrons. The van der Waals surface area contributed by atoms with Gasteiger partial charge in [0.05, 0.1) is 5.52 Å². The van der Waals surface area contributed by atoms with Crippen LogP contribution in [-0.4, -0.2) is 25.0 Å². The van der Waals surface area contributed by atoms with Crippen LogP contribution < -0.4 is 11.2 Å². The molecule has 0 saturated carbocycles. The van der Waals surface area contributed by atoms with Gasteiger partial charge in [-0.2, -0.15) is 25.3 Å². The third-order valence-electron chi connectivity index (χ3n) is 2.96. The standard InChI is InChI=1S/C12H15N3O2S2/c1-12(19,7-18)4-6-15-10(16)9-8(14-11(15)17)3-2-5-13-9/h2-3,5,18-19H,4,6-7H2,1H3,(H,14,17)/t12-/m1/s1. The molecule has 7 heteroatoms. The van der Waals surface area contributed by atoms with E-state index >= 15 is 0 Å². The van der Waals surface area contributed by atoms with Crippen LogP contribution in [0.3, 0.4) is 0 Å². The van der Waals surface area contributed by atoms with Gasteiger partial charge in [0, 0.05) is 23.2 Å². The van der Waals surface area contributed by atoms with Crippen molar-refractivity contribution >= 4 is 36.3 Å². The van der Waals surface area contributed by atoms with E-state index in [9.17, 15) is 9.59 Å². The van der Waals surface area contributed by atoms with Gasteiger partial charge in [-0.25, -0.2) is 9.78 Å². The summed E-state index contributed by atoms with van der Waals surface area (Å²) >= 11 is 8.64. The van der Waals surface area contributed by atoms with E-state index in [1.165, 1.54) is 6.20 Å². The first-order valence-electron chi connectivity index (χ1n) is 5.86. The lowest BCUT2D eigenvalue weighted by Crippen LogP contribution is -2.37. The number of hydrogen-bond acceptors (Lipinski definition) is 5. The summed E-state index contributed by atoms with van der Waals surface area (Å²) in [6.07, 6.45) is 2.10. The van der Waals surface area contributed by atoms with Crippen molar-refractivity contribution in [3.05, 3.63) is 39.2 Å². The zero-order valence-corrected chi connectivity index (χ0v) is 12.2. The van der Waals surface area contributed by atoms with Gasteiger partial charge in [0.25, 0.3) is 5.56 Å². The van der Waals surface area contributed by atoms with Crippen molar-refractivity contribution in [2.24, 2.45) is 0 Å². The van der Waals surface area contributed by atoms with Gasteiger partial charge >= 0.3 is 5.69 Å². The molecule has 2 aromatic rings. The molecule has 0 unspecified atom stereocenters. The number of hydrogen-bond donors (Lipinski definition) is 3. The molecule has 0 bridgehead atoms. The molecule has 102 valence electrons. The largest absolute Gasteiger partial charge is 0.328 e. The predicted octanol–water partition coefficient (Wildman–Crippen LogP) is 1.09. The summed E-state index contributed by atoms with van der Waals surface area (Å²) in [7, 11) is 0. The molecule has 19 heavy (non-hydrogen) atoms. The van der Waals surface area contributed by atoms with Crippen molar-refractivity contribution in [1.82, 2.24) is 14.5 Å². The third kappa shape index (κ3) is 3.03. The maximum atomic E-state index is 12.2. The maximum Gasteiger partial charge on any atom is 0.328 e. The number of rotatable bonds is 4. The van der Waals surface area contributed by atoms with E-state index in [0.717, 1.165) is 4.57 Å². The average molecular weight is 297 g/mol. The number of nitrogens with zero attached hydrogens (tertiary/aromatic N) is 2. The van der Waals surface area contributed by atoms with Gasteiger partial charge in [0.2, 0.25) is 0 Å². The lowest BCUT2D eigenvalue weighted by atomic mass is 10.1. The van der Waals surface area contributed by atoms with E-state index in [4.69, 9.17) is 0 Å². The Labute approximate surface area is 120 Å². The highest BCUT2D eigenvalue weighted by Crippen LogP contribution is 2.20. The fraction of sp³-hybridized carbons (Fsp3) is 0.417. The molecule has 0 spiro atoms. The molecule has 0 aliphatic heterocycles. The summed E-state index contributed by atoms with van der Waals surface area (Å²) in [6, 6.07) is 3.33. The number of H-pyrrole nitrogens is 1. The molecule has 0 aliphatic carbocycles. The Morgan fingerprint density at radius 2 is 2.21 bits per heavy atom. The lowest BCUT2D eigenvalue weighted by molar-refractivity contribution is 0.535. The summed E-state index contributed by atoms with van der Waals surface area (Å²) < 4.78 is 0.835. The van der Waals surface area contributed by atoms with Crippen molar-refractivity contribution < 1.29 is 0 Å². The molecule has 5 nitrogen and oxygen atoms in total. The van der Waals surface area contributed by atoms with Crippen molar-refractivity contribution in [3.8, 4) is 0 Å². The van der Waals surface area contributed by atoms with E-state index in [0.29, 0.717) is 24.2 Å². The van der Waals surface area contributed by atoms with Gasteiger partial charge in [0.15, 0.2) is 5.52 Å². The number of aromatic amines is 1. The summed E-state index contributed by atoms with van der Waals surface area (Å²) in [4.78, 5) is 30.7. The first kappa shape index (κ1) is 14.2. The summed E-state index contributed by atoms with van der Waals surface area (Å²) in [6.45, 7) is 2.21. The normalized spacial score (nSPS) is 14.5. The van der Waals surface area contributed by atoms with Gasteiger partial charge in [-0.05, 0) is 25.5 Å². The zero-order valence-electron chi connectivity index (χ0n) is 10.5. The van der Waals surface area contributed by atoms with E-state index in [1.54, 1.807) is 12.1 Å². The van der Waals surface area contributed by atoms with Crippen molar-refractivity contribution in [3.63, 3.8) is 0 Å². The molecule has 0 fully saturated rings. The van der Waals surface area contributed by atoms with Gasteiger partial charge in [-0.15, -0.1) is 0 Å². The molecule has 0 amide bonds. The molecule has 2 rings (SSSR count). The Kier molecular flexibility index (Phi) is 4.05. The fourth-order valence-electron chi connectivity index (χ4n) is 1.71. The minimum absolute atomic E-state index is 0.272. The first-order valence-corrected chi connectivity index (χ1v) is 6.94. The highest BCUT2D eigenvalue weighted by atomic mass is 32.1. The topological polar surface area (TPSA) is 67.8 Å². The monoisotopic (exact) mass is 297 g/mol. The molecular formula is C12H15N3O2S2. The number of aromatic nitrogens is 3. The predicted molar refractivity (Wildman–Crippen MR) is 82.5 cm³/mol. The lowest BCUT2D eigenvalue weighted by Gasteiger charge is -2.20. The van der Waals surface area contributed by atoms with Gasteiger partial charge < -0.3 is 4.98 Å². The van der Waals surface area contributed by atoms with E-state index in [2.05, 4.69) is 35.2 Å². The first-order chi connectivity index (χ1) is 8.94. The Bertz CT molecular complexity index is 706. The van der Waals surface area contributed by atoms with Crippen molar-refractivity contribution in [2.75, 3.05) is 5.75 Å². The zero-order chi connectivity index (χ0) is 14.0. The Morgan fingerprint density at radius 3 is 2.89 bits per heavy atom. The Balaban J connectivity index is 2.44. The minimum Gasteiger partial charge on any atom is -0.305 e. The molecule has 2 aromatic heterocycles.